The average Bonchev–Trinajstić information content (AvgIpc) is 3.02. The summed E-state index contributed by atoms with van der Waals surface area (Å²) in [5.74, 6) is -1.00. The highest BCUT2D eigenvalue weighted by Gasteiger charge is 2.20. The number of hydrogen-bond donors (Lipinski definition) is 2. The number of hydrogen-bond acceptors (Lipinski definition) is 6. The van der Waals surface area contributed by atoms with Crippen molar-refractivity contribution in [1.29, 1.82) is 5.26 Å². The van der Waals surface area contributed by atoms with E-state index in [1.54, 1.807) is 6.07 Å². The molecule has 2 rings (SSSR count). The van der Waals surface area contributed by atoms with Crippen molar-refractivity contribution in [2.45, 2.75) is 17.7 Å². The number of benzene rings is 1. The Morgan fingerprint density at radius 2 is 1.83 bits per heavy atom. The van der Waals surface area contributed by atoms with E-state index in [2.05, 4.69) is 5.32 Å². The van der Waals surface area contributed by atoms with E-state index >= 15 is 0 Å². The van der Waals surface area contributed by atoms with Crippen LogP contribution in [0.5, 0.6) is 0 Å². The molecule has 0 aliphatic rings. The summed E-state index contributed by atoms with van der Waals surface area (Å²) in [5.41, 5.74) is 0.503. The fraction of sp³-hybridized carbons (Fsp3) is 0.133. The molecule has 124 valence electrons. The molecule has 0 aliphatic heterocycles. The summed E-state index contributed by atoms with van der Waals surface area (Å²) in [6, 6.07) is 10.5. The van der Waals surface area contributed by atoms with Crippen molar-refractivity contribution in [2.24, 2.45) is 0 Å². The molecule has 2 amide bonds. The Kier molecular flexibility index (Phi) is 5.33. The second kappa shape index (κ2) is 7.25. The number of sulfonamides is 1. The maximum absolute atomic E-state index is 12.2. The largest absolute Gasteiger partial charge is 0.351 e. The number of nitrogens with zero attached hydrogens (tertiary/aromatic N) is 1. The van der Waals surface area contributed by atoms with Gasteiger partial charge in [-0.3, -0.25) is 9.59 Å². The lowest BCUT2D eigenvalue weighted by Crippen LogP contribution is -2.30. The molecule has 9 heteroatoms. The van der Waals surface area contributed by atoms with E-state index in [-0.39, 0.29) is 22.2 Å². The average molecular weight is 363 g/mol. The Hall–Kier alpha value is -2.70. The molecular formula is C15H13N3O4S2. The predicted octanol–water partition coefficient (Wildman–Crippen LogP) is 1.37. The zero-order valence-electron chi connectivity index (χ0n) is 12.6. The van der Waals surface area contributed by atoms with Crippen molar-refractivity contribution in [1.82, 2.24) is 10.0 Å². The van der Waals surface area contributed by atoms with Crippen LogP contribution in [-0.2, 0) is 21.4 Å². The summed E-state index contributed by atoms with van der Waals surface area (Å²) in [5, 5.41) is 11.3. The lowest BCUT2D eigenvalue weighted by molar-refractivity contribution is -0.119. The molecule has 1 aromatic carbocycles. The van der Waals surface area contributed by atoms with Gasteiger partial charge in [-0.05, 0) is 36.4 Å². The van der Waals surface area contributed by atoms with Crippen LogP contribution in [0.25, 0.3) is 0 Å². The first-order valence-corrected chi connectivity index (χ1v) is 9.02. The fourth-order valence-electron chi connectivity index (χ4n) is 1.74. The van der Waals surface area contributed by atoms with Crippen LogP contribution < -0.4 is 10.0 Å². The van der Waals surface area contributed by atoms with Crippen LogP contribution in [0.15, 0.2) is 40.6 Å². The van der Waals surface area contributed by atoms with Crippen LogP contribution in [0.2, 0.25) is 0 Å². The van der Waals surface area contributed by atoms with E-state index in [0.717, 1.165) is 11.3 Å². The van der Waals surface area contributed by atoms with Gasteiger partial charge in [-0.25, -0.2) is 13.1 Å². The molecule has 0 saturated heterocycles. The molecule has 7 nitrogen and oxygen atoms in total. The van der Waals surface area contributed by atoms with E-state index in [1.807, 2.05) is 10.8 Å². The Morgan fingerprint density at radius 3 is 2.42 bits per heavy atom. The number of carbonyl (C=O) groups excluding carboxylic acids is 2. The van der Waals surface area contributed by atoms with Gasteiger partial charge in [0.15, 0.2) is 0 Å². The molecule has 0 fully saturated rings. The van der Waals surface area contributed by atoms with E-state index in [9.17, 15) is 18.0 Å². The van der Waals surface area contributed by atoms with E-state index < -0.39 is 15.9 Å². The molecule has 0 atom stereocenters. The number of nitrogens with one attached hydrogen (secondary N) is 2. The van der Waals surface area contributed by atoms with Gasteiger partial charge < -0.3 is 5.32 Å². The standard InChI is InChI=1S/C15H13N3O4S2/c1-10(19)17-9-13-6-7-14(23-13)24(21,22)18-15(20)12-4-2-11(8-16)3-5-12/h2-7H,9H2,1H3,(H,17,19)(H,18,20). The first-order valence-electron chi connectivity index (χ1n) is 6.72. The number of nitriles is 1. The van der Waals surface area contributed by atoms with Crippen LogP contribution in [0.4, 0.5) is 0 Å². The molecule has 2 N–H and O–H groups in total. The van der Waals surface area contributed by atoms with Crippen molar-refractivity contribution < 1.29 is 18.0 Å². The summed E-state index contributed by atoms with van der Waals surface area (Å²) in [7, 11) is -4.00. The highest BCUT2D eigenvalue weighted by Crippen LogP contribution is 2.21. The van der Waals surface area contributed by atoms with Gasteiger partial charge in [0.25, 0.3) is 15.9 Å². The quantitative estimate of drug-likeness (QED) is 0.832. The van der Waals surface area contributed by atoms with Gasteiger partial charge in [-0.15, -0.1) is 11.3 Å². The van der Waals surface area contributed by atoms with Gasteiger partial charge in [0.05, 0.1) is 18.2 Å². The van der Waals surface area contributed by atoms with Crippen molar-refractivity contribution in [3.63, 3.8) is 0 Å². The van der Waals surface area contributed by atoms with Gasteiger partial charge in [0.1, 0.15) is 4.21 Å². The summed E-state index contributed by atoms with van der Waals surface area (Å²) in [6.07, 6.45) is 0. The van der Waals surface area contributed by atoms with E-state index in [0.29, 0.717) is 10.4 Å². The van der Waals surface area contributed by atoms with Crippen LogP contribution in [0.3, 0.4) is 0 Å². The van der Waals surface area contributed by atoms with Crippen LogP contribution >= 0.6 is 11.3 Å². The molecule has 0 saturated carbocycles. The van der Waals surface area contributed by atoms with Gasteiger partial charge in [-0.1, -0.05) is 0 Å². The summed E-state index contributed by atoms with van der Waals surface area (Å²) in [4.78, 5) is 23.5. The van der Waals surface area contributed by atoms with E-state index in [4.69, 9.17) is 5.26 Å². The van der Waals surface area contributed by atoms with Gasteiger partial charge in [-0.2, -0.15) is 5.26 Å². The first-order chi connectivity index (χ1) is 11.3. The lowest BCUT2D eigenvalue weighted by Gasteiger charge is -2.05. The predicted molar refractivity (Wildman–Crippen MR) is 87.6 cm³/mol. The third kappa shape index (κ3) is 4.41. The number of carbonyl (C=O) groups is 2. The monoisotopic (exact) mass is 363 g/mol. The minimum atomic E-state index is -4.00. The first kappa shape index (κ1) is 17.7. The third-order valence-corrected chi connectivity index (χ3v) is 5.82. The number of thiophene rings is 1. The highest BCUT2D eigenvalue weighted by molar-refractivity contribution is 7.92. The summed E-state index contributed by atoms with van der Waals surface area (Å²) < 4.78 is 26.4. The van der Waals surface area contributed by atoms with Crippen molar-refractivity contribution in [2.75, 3.05) is 0 Å². The minimum Gasteiger partial charge on any atom is -0.351 e. The Balaban J connectivity index is 2.11. The Labute approximate surface area is 143 Å². The fourth-order valence-corrected chi connectivity index (χ4v) is 4.01. The lowest BCUT2D eigenvalue weighted by atomic mass is 10.1. The molecule has 0 unspecified atom stereocenters. The molecular weight excluding hydrogens is 350 g/mol. The molecule has 0 spiro atoms. The SMILES string of the molecule is CC(=O)NCc1ccc(S(=O)(=O)NC(=O)c2ccc(C#N)cc2)s1. The van der Waals surface area contributed by atoms with Crippen LogP contribution in [0, 0.1) is 11.3 Å². The zero-order valence-corrected chi connectivity index (χ0v) is 14.2. The third-order valence-electron chi connectivity index (χ3n) is 2.92. The van der Waals surface area contributed by atoms with Gasteiger partial charge in [0.2, 0.25) is 5.91 Å². The van der Waals surface area contributed by atoms with Gasteiger partial charge in [0, 0.05) is 17.4 Å². The normalized spacial score (nSPS) is 10.7. The van der Waals surface area contributed by atoms with Crippen LogP contribution in [0.1, 0.15) is 27.7 Å². The minimum absolute atomic E-state index is 0.0233. The van der Waals surface area contributed by atoms with Crippen molar-refractivity contribution >= 4 is 33.2 Å². The molecule has 0 bridgehead atoms. The Morgan fingerprint density at radius 1 is 1.17 bits per heavy atom. The molecule has 0 radical (unpaired) electrons. The number of amides is 2. The molecule has 0 aliphatic carbocycles. The molecule has 1 aromatic heterocycles. The highest BCUT2D eigenvalue weighted by atomic mass is 32.2. The molecule has 1 heterocycles. The second-order valence-corrected chi connectivity index (χ2v) is 7.83. The summed E-state index contributed by atoms with van der Waals surface area (Å²) >= 11 is 0.965. The maximum Gasteiger partial charge on any atom is 0.273 e. The smallest absolute Gasteiger partial charge is 0.273 e. The zero-order chi connectivity index (χ0) is 17.7. The molecule has 24 heavy (non-hydrogen) atoms. The summed E-state index contributed by atoms with van der Waals surface area (Å²) in [6.45, 7) is 1.59. The van der Waals surface area contributed by atoms with Crippen molar-refractivity contribution in [3.05, 3.63) is 52.4 Å². The number of rotatable bonds is 5. The van der Waals surface area contributed by atoms with Gasteiger partial charge >= 0.3 is 0 Å². The topological polar surface area (TPSA) is 116 Å². The van der Waals surface area contributed by atoms with Crippen LogP contribution in [-0.4, -0.2) is 20.2 Å². The second-order valence-electron chi connectivity index (χ2n) is 4.75. The Bertz CT molecular complexity index is 909. The molecule has 2 aromatic rings. The van der Waals surface area contributed by atoms with Crippen molar-refractivity contribution in [3.8, 4) is 6.07 Å². The van der Waals surface area contributed by atoms with E-state index in [1.165, 1.54) is 37.3 Å². The maximum atomic E-state index is 12.2.